The summed E-state index contributed by atoms with van der Waals surface area (Å²) in [6.45, 7) is 1.13. The normalized spacial score (nSPS) is 11.3. The summed E-state index contributed by atoms with van der Waals surface area (Å²) in [5.74, 6) is -0.138. The first-order chi connectivity index (χ1) is 12.2. The molecule has 0 aliphatic rings. The van der Waals surface area contributed by atoms with E-state index in [2.05, 4.69) is 15.6 Å². The Kier molecular flexibility index (Phi) is 7.19. The number of aliphatic imine (C=N–C) groups is 1. The van der Waals surface area contributed by atoms with Crippen LogP contribution >= 0.6 is 0 Å². The molecule has 4 nitrogen and oxygen atoms in total. The Hall–Kier alpha value is -2.63. The second-order valence-corrected chi connectivity index (χ2v) is 5.45. The third-order valence-corrected chi connectivity index (χ3v) is 3.82. The van der Waals surface area contributed by atoms with Gasteiger partial charge in [-0.25, -0.2) is 8.78 Å². The Morgan fingerprint density at radius 1 is 0.960 bits per heavy atom. The minimum Gasteiger partial charge on any atom is -0.496 e. The first kappa shape index (κ1) is 18.7. The van der Waals surface area contributed by atoms with Gasteiger partial charge in [-0.2, -0.15) is 0 Å². The number of benzene rings is 2. The van der Waals surface area contributed by atoms with Crippen LogP contribution in [0.4, 0.5) is 8.78 Å². The minimum atomic E-state index is -0.822. The predicted octanol–water partition coefficient (Wildman–Crippen LogP) is 2.92. The highest BCUT2D eigenvalue weighted by molar-refractivity contribution is 5.79. The SMILES string of the molecule is CN=C(NCCc1ccccc1OC)NCCc1cccc(F)c1F. The van der Waals surface area contributed by atoms with Crippen molar-refractivity contribution in [3.8, 4) is 5.75 Å². The molecule has 2 aromatic rings. The summed E-state index contributed by atoms with van der Waals surface area (Å²) in [4.78, 5) is 4.13. The Morgan fingerprint density at radius 2 is 1.60 bits per heavy atom. The van der Waals surface area contributed by atoms with E-state index in [1.54, 1.807) is 20.2 Å². The molecule has 25 heavy (non-hydrogen) atoms. The average Bonchev–Trinajstić information content (AvgIpc) is 2.64. The van der Waals surface area contributed by atoms with Crippen molar-refractivity contribution in [2.75, 3.05) is 27.2 Å². The topological polar surface area (TPSA) is 45.7 Å². The number of nitrogens with zero attached hydrogens (tertiary/aromatic N) is 1. The molecule has 0 aromatic heterocycles. The number of methoxy groups -OCH3 is 1. The van der Waals surface area contributed by atoms with Crippen molar-refractivity contribution in [2.24, 2.45) is 4.99 Å². The van der Waals surface area contributed by atoms with Crippen LogP contribution in [-0.4, -0.2) is 33.2 Å². The highest BCUT2D eigenvalue weighted by Gasteiger charge is 2.07. The third kappa shape index (κ3) is 5.45. The highest BCUT2D eigenvalue weighted by atomic mass is 19.2. The van der Waals surface area contributed by atoms with E-state index in [1.807, 2.05) is 24.3 Å². The van der Waals surface area contributed by atoms with Crippen LogP contribution in [-0.2, 0) is 12.8 Å². The number of rotatable bonds is 7. The maximum absolute atomic E-state index is 13.6. The fourth-order valence-electron chi connectivity index (χ4n) is 2.50. The van der Waals surface area contributed by atoms with E-state index < -0.39 is 11.6 Å². The second-order valence-electron chi connectivity index (χ2n) is 5.45. The maximum atomic E-state index is 13.6. The Balaban J connectivity index is 1.78. The zero-order valence-corrected chi connectivity index (χ0v) is 14.5. The predicted molar refractivity (Wildman–Crippen MR) is 96.1 cm³/mol. The Labute approximate surface area is 146 Å². The summed E-state index contributed by atoms with van der Waals surface area (Å²) in [6.07, 6.45) is 1.15. The lowest BCUT2D eigenvalue weighted by atomic mass is 10.1. The molecule has 0 radical (unpaired) electrons. The van der Waals surface area contributed by atoms with Crippen LogP contribution in [0.25, 0.3) is 0 Å². The molecule has 0 bridgehead atoms. The van der Waals surface area contributed by atoms with E-state index in [0.29, 0.717) is 31.0 Å². The quantitative estimate of drug-likeness (QED) is 0.598. The van der Waals surface area contributed by atoms with Crippen LogP contribution in [0.3, 0.4) is 0 Å². The number of hydrogen-bond donors (Lipinski definition) is 2. The van der Waals surface area contributed by atoms with Gasteiger partial charge >= 0.3 is 0 Å². The van der Waals surface area contributed by atoms with Crippen molar-refractivity contribution in [1.29, 1.82) is 0 Å². The number of ether oxygens (including phenoxy) is 1. The molecule has 2 rings (SSSR count). The van der Waals surface area contributed by atoms with Crippen LogP contribution in [0.15, 0.2) is 47.5 Å². The van der Waals surface area contributed by atoms with Gasteiger partial charge in [-0.1, -0.05) is 30.3 Å². The molecule has 2 aromatic carbocycles. The Bertz CT molecular complexity index is 720. The molecule has 0 atom stereocenters. The molecule has 2 N–H and O–H groups in total. The molecule has 0 saturated heterocycles. The maximum Gasteiger partial charge on any atom is 0.190 e. The molecule has 0 heterocycles. The fraction of sp³-hybridized carbons (Fsp3) is 0.316. The van der Waals surface area contributed by atoms with Crippen molar-refractivity contribution in [1.82, 2.24) is 10.6 Å². The lowest BCUT2D eigenvalue weighted by Gasteiger charge is -2.13. The van der Waals surface area contributed by atoms with Crippen LogP contribution in [0, 0.1) is 11.6 Å². The van der Waals surface area contributed by atoms with Gasteiger partial charge in [0.15, 0.2) is 17.6 Å². The highest BCUT2D eigenvalue weighted by Crippen LogP contribution is 2.17. The van der Waals surface area contributed by atoms with Gasteiger partial charge in [0, 0.05) is 20.1 Å². The lowest BCUT2D eigenvalue weighted by Crippen LogP contribution is -2.39. The van der Waals surface area contributed by atoms with Crippen molar-refractivity contribution >= 4 is 5.96 Å². The van der Waals surface area contributed by atoms with Gasteiger partial charge in [0.1, 0.15) is 5.75 Å². The van der Waals surface area contributed by atoms with Gasteiger partial charge in [0.2, 0.25) is 0 Å². The van der Waals surface area contributed by atoms with E-state index >= 15 is 0 Å². The molecular formula is C19H23F2N3O. The molecule has 0 aliphatic carbocycles. The van der Waals surface area contributed by atoms with Gasteiger partial charge in [0.25, 0.3) is 0 Å². The zero-order valence-electron chi connectivity index (χ0n) is 14.5. The van der Waals surface area contributed by atoms with E-state index in [9.17, 15) is 8.78 Å². The van der Waals surface area contributed by atoms with Crippen molar-refractivity contribution in [2.45, 2.75) is 12.8 Å². The molecule has 6 heteroatoms. The third-order valence-electron chi connectivity index (χ3n) is 3.82. The number of para-hydroxylation sites is 1. The molecule has 0 unspecified atom stereocenters. The summed E-state index contributed by atoms with van der Waals surface area (Å²) in [5.41, 5.74) is 1.45. The second kappa shape index (κ2) is 9.61. The lowest BCUT2D eigenvalue weighted by molar-refractivity contribution is 0.409. The summed E-state index contributed by atoms with van der Waals surface area (Å²) >= 11 is 0. The summed E-state index contributed by atoms with van der Waals surface area (Å²) in [6, 6.07) is 12.1. The van der Waals surface area contributed by atoms with Crippen molar-refractivity contribution in [3.63, 3.8) is 0 Å². The number of guanidine groups is 1. The standard InChI is InChI=1S/C19H23F2N3O/c1-22-19(23-12-10-14-6-3-4-9-17(14)25-2)24-13-11-15-7-5-8-16(20)18(15)21/h3-9H,10-13H2,1-2H3,(H2,22,23,24). The van der Waals surface area contributed by atoms with E-state index in [-0.39, 0.29) is 0 Å². The van der Waals surface area contributed by atoms with Gasteiger partial charge in [0.05, 0.1) is 7.11 Å². The van der Waals surface area contributed by atoms with Crippen LogP contribution in [0.1, 0.15) is 11.1 Å². The van der Waals surface area contributed by atoms with Crippen LogP contribution in [0.5, 0.6) is 5.75 Å². The van der Waals surface area contributed by atoms with Crippen LogP contribution in [0.2, 0.25) is 0 Å². The molecule has 0 amide bonds. The first-order valence-electron chi connectivity index (χ1n) is 8.15. The first-order valence-corrected chi connectivity index (χ1v) is 8.15. The summed E-state index contributed by atoms with van der Waals surface area (Å²) in [5, 5.41) is 6.29. The number of nitrogens with one attached hydrogen (secondary N) is 2. The van der Waals surface area contributed by atoms with E-state index in [4.69, 9.17) is 4.74 Å². The van der Waals surface area contributed by atoms with Gasteiger partial charge in [-0.3, -0.25) is 4.99 Å². The summed E-state index contributed by atoms with van der Waals surface area (Å²) in [7, 11) is 3.32. The minimum absolute atomic E-state index is 0.344. The Morgan fingerprint density at radius 3 is 2.28 bits per heavy atom. The molecule has 0 aliphatic heterocycles. The summed E-state index contributed by atoms with van der Waals surface area (Å²) < 4.78 is 32.1. The molecule has 0 fully saturated rings. The molecular weight excluding hydrogens is 324 g/mol. The zero-order chi connectivity index (χ0) is 18.1. The largest absolute Gasteiger partial charge is 0.496 e. The van der Waals surface area contributed by atoms with Gasteiger partial charge < -0.3 is 15.4 Å². The van der Waals surface area contributed by atoms with Crippen molar-refractivity contribution in [3.05, 3.63) is 65.2 Å². The monoisotopic (exact) mass is 347 g/mol. The molecule has 134 valence electrons. The van der Waals surface area contributed by atoms with E-state index in [0.717, 1.165) is 23.8 Å². The molecule has 0 spiro atoms. The molecule has 0 saturated carbocycles. The van der Waals surface area contributed by atoms with Crippen molar-refractivity contribution < 1.29 is 13.5 Å². The smallest absolute Gasteiger partial charge is 0.190 e. The van der Waals surface area contributed by atoms with Crippen LogP contribution < -0.4 is 15.4 Å². The van der Waals surface area contributed by atoms with Gasteiger partial charge in [-0.05, 0) is 36.1 Å². The number of halogens is 2. The fourth-order valence-corrected chi connectivity index (χ4v) is 2.50. The van der Waals surface area contributed by atoms with E-state index in [1.165, 1.54) is 6.07 Å². The van der Waals surface area contributed by atoms with Gasteiger partial charge in [-0.15, -0.1) is 0 Å². The number of hydrogen-bond acceptors (Lipinski definition) is 2. The average molecular weight is 347 g/mol.